The summed E-state index contributed by atoms with van der Waals surface area (Å²) in [7, 11) is 0. The molecule has 0 N–H and O–H groups in total. The Balaban J connectivity index is 1.43. The molecule has 0 unspecified atom stereocenters. The molecule has 1 amide bonds. The number of likely N-dealkylation sites (tertiary alicyclic amines) is 2. The van der Waals surface area contributed by atoms with E-state index in [-0.39, 0.29) is 11.8 Å². The molecule has 8 heteroatoms. The number of thiazole rings is 1. The Bertz CT molecular complexity index is 1060. The van der Waals surface area contributed by atoms with Crippen LogP contribution in [-0.4, -0.2) is 49.9 Å². The van der Waals surface area contributed by atoms with E-state index >= 15 is 0 Å². The zero-order valence-corrected chi connectivity index (χ0v) is 19.1. The summed E-state index contributed by atoms with van der Waals surface area (Å²) in [5.41, 5.74) is 2.74. The minimum atomic E-state index is -0.426. The standard InChI is InChI=1S/C23H29N5O2S/c1-16(2)28-11-21(24-15-28)20-10-26(8-18-4-7-30-12-18)14-23(20)5-6-27(22(23)29)9-19-13-31-17(3)25-19/h4,7,11-13,15-16,20H,5-6,8-10,14H2,1-3H3/t20-,23+/m0/s1. The van der Waals surface area contributed by atoms with Crippen molar-refractivity contribution in [2.24, 2.45) is 5.41 Å². The van der Waals surface area contributed by atoms with Gasteiger partial charge in [-0.05, 0) is 33.3 Å². The number of hydrogen-bond donors (Lipinski definition) is 0. The highest BCUT2D eigenvalue weighted by Gasteiger charge is 2.57. The second-order valence-corrected chi connectivity index (χ2v) is 10.2. The Morgan fingerprint density at radius 3 is 2.90 bits per heavy atom. The van der Waals surface area contributed by atoms with Crippen LogP contribution in [0.25, 0.3) is 0 Å². The van der Waals surface area contributed by atoms with E-state index in [1.54, 1.807) is 23.9 Å². The SMILES string of the molecule is Cc1nc(CN2CC[C@]3(CN(Cc4ccoc4)C[C@H]3c3cn(C(C)C)cn3)C2=O)cs1. The molecule has 0 bridgehead atoms. The number of rotatable bonds is 6. The quantitative estimate of drug-likeness (QED) is 0.584. The molecule has 2 fully saturated rings. The van der Waals surface area contributed by atoms with Gasteiger partial charge in [0.15, 0.2) is 0 Å². The summed E-state index contributed by atoms with van der Waals surface area (Å²) in [6.45, 7) is 10.1. The molecule has 31 heavy (non-hydrogen) atoms. The minimum Gasteiger partial charge on any atom is -0.472 e. The van der Waals surface area contributed by atoms with Crippen molar-refractivity contribution >= 4 is 17.2 Å². The van der Waals surface area contributed by atoms with Gasteiger partial charge in [0, 0.05) is 55.3 Å². The van der Waals surface area contributed by atoms with E-state index in [0.717, 1.165) is 54.6 Å². The van der Waals surface area contributed by atoms with Crippen LogP contribution >= 0.6 is 11.3 Å². The van der Waals surface area contributed by atoms with E-state index in [4.69, 9.17) is 9.40 Å². The van der Waals surface area contributed by atoms with Crippen molar-refractivity contribution in [1.29, 1.82) is 0 Å². The summed E-state index contributed by atoms with van der Waals surface area (Å²) in [5.74, 6) is 0.339. The van der Waals surface area contributed by atoms with Gasteiger partial charge in [-0.25, -0.2) is 9.97 Å². The predicted octanol–water partition coefficient (Wildman–Crippen LogP) is 3.84. The van der Waals surface area contributed by atoms with E-state index in [9.17, 15) is 4.79 Å². The molecule has 3 aromatic heterocycles. The Morgan fingerprint density at radius 1 is 1.35 bits per heavy atom. The fourth-order valence-electron chi connectivity index (χ4n) is 5.11. The molecule has 5 heterocycles. The average Bonchev–Trinajstić information content (AvgIpc) is 3.53. The molecule has 2 aliphatic rings. The number of amides is 1. The third-order valence-electron chi connectivity index (χ3n) is 6.74. The predicted molar refractivity (Wildman–Crippen MR) is 119 cm³/mol. The van der Waals surface area contributed by atoms with Gasteiger partial charge in [0.1, 0.15) is 0 Å². The Morgan fingerprint density at radius 2 is 2.23 bits per heavy atom. The molecule has 7 nitrogen and oxygen atoms in total. The first kappa shape index (κ1) is 20.5. The van der Waals surface area contributed by atoms with Crippen molar-refractivity contribution in [2.45, 2.75) is 52.2 Å². The molecular formula is C23H29N5O2S. The number of imidazole rings is 1. The smallest absolute Gasteiger partial charge is 0.231 e. The van der Waals surface area contributed by atoms with Crippen LogP contribution in [0.1, 0.15) is 54.2 Å². The zero-order chi connectivity index (χ0) is 21.6. The number of nitrogens with zero attached hydrogens (tertiary/aromatic N) is 5. The maximum Gasteiger partial charge on any atom is 0.231 e. The van der Waals surface area contributed by atoms with Gasteiger partial charge >= 0.3 is 0 Å². The van der Waals surface area contributed by atoms with Crippen LogP contribution in [0, 0.1) is 12.3 Å². The summed E-state index contributed by atoms with van der Waals surface area (Å²) in [6, 6.07) is 2.35. The summed E-state index contributed by atoms with van der Waals surface area (Å²) in [4.78, 5) is 27.6. The van der Waals surface area contributed by atoms with Crippen molar-refractivity contribution in [1.82, 2.24) is 24.3 Å². The number of hydrogen-bond acceptors (Lipinski definition) is 6. The summed E-state index contributed by atoms with van der Waals surface area (Å²) in [5, 5.41) is 3.11. The third kappa shape index (κ3) is 3.72. The van der Waals surface area contributed by atoms with Gasteiger partial charge in [-0.2, -0.15) is 0 Å². The van der Waals surface area contributed by atoms with Crippen LogP contribution in [0.15, 0.2) is 40.9 Å². The lowest BCUT2D eigenvalue weighted by Crippen LogP contribution is -2.39. The second kappa shape index (κ2) is 7.91. The number of carbonyl (C=O) groups excluding carboxylic acids is 1. The molecule has 0 radical (unpaired) electrons. The van der Waals surface area contributed by atoms with Crippen molar-refractivity contribution in [2.75, 3.05) is 19.6 Å². The zero-order valence-electron chi connectivity index (χ0n) is 18.3. The highest BCUT2D eigenvalue weighted by Crippen LogP contribution is 2.50. The maximum absolute atomic E-state index is 13.8. The monoisotopic (exact) mass is 439 g/mol. The van der Waals surface area contributed by atoms with Crippen LogP contribution in [0.4, 0.5) is 0 Å². The molecule has 3 aromatic rings. The summed E-state index contributed by atoms with van der Waals surface area (Å²) < 4.78 is 7.40. The van der Waals surface area contributed by atoms with E-state index in [0.29, 0.717) is 12.6 Å². The maximum atomic E-state index is 13.8. The largest absolute Gasteiger partial charge is 0.472 e. The lowest BCUT2D eigenvalue weighted by atomic mass is 9.75. The topological polar surface area (TPSA) is 67.4 Å². The van der Waals surface area contributed by atoms with Crippen molar-refractivity contribution in [3.05, 3.63) is 58.5 Å². The highest BCUT2D eigenvalue weighted by atomic mass is 32.1. The number of aromatic nitrogens is 3. The van der Waals surface area contributed by atoms with Gasteiger partial charge in [0.05, 0.1) is 47.2 Å². The first-order valence-corrected chi connectivity index (χ1v) is 11.8. The average molecular weight is 440 g/mol. The molecule has 1 spiro atoms. The normalized spacial score (nSPS) is 24.3. The fraction of sp³-hybridized carbons (Fsp3) is 0.522. The molecule has 5 rings (SSSR count). The molecular weight excluding hydrogens is 410 g/mol. The van der Waals surface area contributed by atoms with Crippen molar-refractivity contribution in [3.8, 4) is 0 Å². The molecule has 164 valence electrons. The number of furan rings is 1. The number of aryl methyl sites for hydroxylation is 1. The highest BCUT2D eigenvalue weighted by molar-refractivity contribution is 7.09. The van der Waals surface area contributed by atoms with Gasteiger partial charge in [0.2, 0.25) is 5.91 Å². The van der Waals surface area contributed by atoms with E-state index in [2.05, 4.69) is 39.9 Å². The van der Waals surface area contributed by atoms with Crippen LogP contribution in [0.3, 0.4) is 0 Å². The van der Waals surface area contributed by atoms with Crippen molar-refractivity contribution in [3.63, 3.8) is 0 Å². The number of carbonyl (C=O) groups is 1. The van der Waals surface area contributed by atoms with Gasteiger partial charge in [-0.15, -0.1) is 11.3 Å². The van der Waals surface area contributed by atoms with Gasteiger partial charge < -0.3 is 13.9 Å². The molecule has 2 atom stereocenters. The first-order valence-electron chi connectivity index (χ1n) is 10.9. The molecule has 0 saturated carbocycles. The van der Waals surface area contributed by atoms with Gasteiger partial charge in [0.25, 0.3) is 0 Å². The van der Waals surface area contributed by atoms with Crippen LogP contribution in [-0.2, 0) is 17.9 Å². The molecule has 0 aliphatic carbocycles. The van der Waals surface area contributed by atoms with E-state index in [1.165, 1.54) is 0 Å². The molecule has 2 aliphatic heterocycles. The molecule has 0 aromatic carbocycles. The Labute approximate surface area is 186 Å². The van der Waals surface area contributed by atoms with Crippen molar-refractivity contribution < 1.29 is 9.21 Å². The second-order valence-electron chi connectivity index (χ2n) is 9.18. The minimum absolute atomic E-state index is 0.0917. The van der Waals surface area contributed by atoms with Gasteiger partial charge in [-0.1, -0.05) is 0 Å². The summed E-state index contributed by atoms with van der Waals surface area (Å²) in [6.07, 6.45) is 8.40. The fourth-order valence-corrected chi connectivity index (χ4v) is 5.72. The Hall–Kier alpha value is -2.45. The first-order chi connectivity index (χ1) is 14.9. The van der Waals surface area contributed by atoms with Gasteiger partial charge in [-0.3, -0.25) is 9.69 Å². The lowest BCUT2D eigenvalue weighted by Gasteiger charge is -2.28. The van der Waals surface area contributed by atoms with E-state index in [1.807, 2.05) is 24.2 Å². The van der Waals surface area contributed by atoms with Crippen LogP contribution in [0.2, 0.25) is 0 Å². The lowest BCUT2D eigenvalue weighted by molar-refractivity contribution is -0.136. The third-order valence-corrected chi connectivity index (χ3v) is 7.56. The Kier molecular flexibility index (Phi) is 5.22. The van der Waals surface area contributed by atoms with Crippen LogP contribution < -0.4 is 0 Å². The van der Waals surface area contributed by atoms with E-state index < -0.39 is 5.41 Å². The molecule has 2 saturated heterocycles. The van der Waals surface area contributed by atoms with Crippen LogP contribution in [0.5, 0.6) is 0 Å². The summed E-state index contributed by atoms with van der Waals surface area (Å²) >= 11 is 1.64.